The normalized spacial score (nSPS) is 14.2. The van der Waals surface area contributed by atoms with Gasteiger partial charge in [-0.1, -0.05) is 115 Å². The molecular weight excluding hydrogens is 448 g/mol. The number of aromatic nitrogens is 2. The number of unbranched alkanes of at least 4 members (excludes halogenated alkanes) is 1. The molecule has 0 bridgehead atoms. The predicted octanol–water partition coefficient (Wildman–Crippen LogP) is 9.75. The van der Waals surface area contributed by atoms with Crippen LogP contribution >= 0.6 is 0 Å². The van der Waals surface area contributed by atoms with E-state index >= 15 is 0 Å². The standard InChI is InChI=1S/C35H42N2/c1-9-10-20-34(5,6)30-22-36-33(25-15-13-14-24(4)21-25)37(30)29-19-18-27-26-16-11-12-17-28(26)35(7,8)32(27)31(29)23(2)3/h11-19,21-23H,9-10,20H2,1-8H3. The van der Waals surface area contributed by atoms with Crippen LogP contribution in [0.4, 0.5) is 0 Å². The number of rotatable bonds is 7. The van der Waals surface area contributed by atoms with Gasteiger partial charge in [-0.25, -0.2) is 4.98 Å². The summed E-state index contributed by atoms with van der Waals surface area (Å²) in [4.78, 5) is 5.11. The van der Waals surface area contributed by atoms with Crippen LogP contribution in [0, 0.1) is 6.92 Å². The van der Waals surface area contributed by atoms with Crippen LogP contribution in [0.15, 0.2) is 66.9 Å². The summed E-state index contributed by atoms with van der Waals surface area (Å²) < 4.78 is 2.50. The van der Waals surface area contributed by atoms with Crippen LogP contribution in [0.2, 0.25) is 0 Å². The van der Waals surface area contributed by atoms with Gasteiger partial charge in [0.2, 0.25) is 0 Å². The highest BCUT2D eigenvalue weighted by atomic mass is 15.1. The number of hydrogen-bond donors (Lipinski definition) is 0. The zero-order valence-electron chi connectivity index (χ0n) is 23.9. The average Bonchev–Trinajstić information content (AvgIpc) is 3.41. The van der Waals surface area contributed by atoms with E-state index in [1.54, 1.807) is 0 Å². The molecule has 1 aromatic heterocycles. The number of benzene rings is 3. The van der Waals surface area contributed by atoms with E-state index in [9.17, 15) is 0 Å². The number of imidazole rings is 1. The molecule has 192 valence electrons. The van der Waals surface area contributed by atoms with Crippen molar-refractivity contribution in [2.24, 2.45) is 0 Å². The molecule has 0 spiro atoms. The highest BCUT2D eigenvalue weighted by Gasteiger charge is 2.39. The zero-order chi connectivity index (χ0) is 26.5. The average molecular weight is 491 g/mol. The van der Waals surface area contributed by atoms with Crippen LogP contribution < -0.4 is 0 Å². The molecule has 0 aliphatic heterocycles. The van der Waals surface area contributed by atoms with Gasteiger partial charge < -0.3 is 0 Å². The van der Waals surface area contributed by atoms with E-state index in [0.29, 0.717) is 5.92 Å². The Morgan fingerprint density at radius 2 is 1.70 bits per heavy atom. The molecule has 0 saturated heterocycles. The molecule has 1 aliphatic rings. The Hall–Kier alpha value is -3.13. The Labute approximate surface area is 223 Å². The second kappa shape index (κ2) is 9.31. The Kier molecular flexibility index (Phi) is 6.42. The molecule has 2 nitrogen and oxygen atoms in total. The van der Waals surface area contributed by atoms with Crippen molar-refractivity contribution in [3.05, 3.63) is 94.8 Å². The summed E-state index contributed by atoms with van der Waals surface area (Å²) in [6.45, 7) is 18.7. The van der Waals surface area contributed by atoms with Gasteiger partial charge in [-0.15, -0.1) is 0 Å². The van der Waals surface area contributed by atoms with Crippen molar-refractivity contribution in [3.63, 3.8) is 0 Å². The second-order valence-electron chi connectivity index (χ2n) is 12.4. The number of aryl methyl sites for hydroxylation is 1. The van der Waals surface area contributed by atoms with Gasteiger partial charge in [-0.05, 0) is 59.2 Å². The van der Waals surface area contributed by atoms with Crippen molar-refractivity contribution >= 4 is 0 Å². The molecule has 1 aliphatic carbocycles. The summed E-state index contributed by atoms with van der Waals surface area (Å²) in [5.41, 5.74) is 12.1. The molecule has 0 unspecified atom stereocenters. The lowest BCUT2D eigenvalue weighted by Crippen LogP contribution is -2.24. The molecule has 1 heterocycles. The molecule has 0 fully saturated rings. The molecule has 2 heteroatoms. The van der Waals surface area contributed by atoms with E-state index in [4.69, 9.17) is 4.98 Å². The summed E-state index contributed by atoms with van der Waals surface area (Å²) in [6, 6.07) is 22.5. The number of nitrogens with zero attached hydrogens (tertiary/aromatic N) is 2. The summed E-state index contributed by atoms with van der Waals surface area (Å²) in [6.07, 6.45) is 5.69. The lowest BCUT2D eigenvalue weighted by atomic mass is 9.77. The first-order valence-electron chi connectivity index (χ1n) is 14.0. The molecule has 0 atom stereocenters. The number of fused-ring (bicyclic) bond motifs is 3. The van der Waals surface area contributed by atoms with E-state index in [1.807, 2.05) is 0 Å². The molecule has 37 heavy (non-hydrogen) atoms. The van der Waals surface area contributed by atoms with Crippen LogP contribution in [0.5, 0.6) is 0 Å². The maximum Gasteiger partial charge on any atom is 0.144 e. The predicted molar refractivity (Wildman–Crippen MR) is 158 cm³/mol. The highest BCUT2D eigenvalue weighted by molar-refractivity contribution is 5.84. The second-order valence-corrected chi connectivity index (χ2v) is 12.4. The lowest BCUT2D eigenvalue weighted by molar-refractivity contribution is 0.439. The molecular formula is C35H42N2. The van der Waals surface area contributed by atoms with Crippen LogP contribution in [0.1, 0.15) is 102 Å². The Bertz CT molecular complexity index is 1450. The molecule has 5 rings (SSSR count). The fourth-order valence-electron chi connectivity index (χ4n) is 6.49. The SMILES string of the molecule is CCCCC(C)(C)c1cnc(-c2cccc(C)c2)n1-c1ccc2c(c1C(C)C)C(C)(C)c1ccccc1-2. The van der Waals surface area contributed by atoms with E-state index in [0.717, 1.165) is 12.2 Å². The van der Waals surface area contributed by atoms with E-state index in [1.165, 1.54) is 63.2 Å². The van der Waals surface area contributed by atoms with Crippen LogP contribution in [0.25, 0.3) is 28.2 Å². The van der Waals surface area contributed by atoms with Crippen molar-refractivity contribution in [2.45, 2.75) is 91.4 Å². The molecule has 0 radical (unpaired) electrons. The molecule has 0 saturated carbocycles. The van der Waals surface area contributed by atoms with Gasteiger partial charge in [0, 0.05) is 28.3 Å². The zero-order valence-corrected chi connectivity index (χ0v) is 23.9. The van der Waals surface area contributed by atoms with E-state index < -0.39 is 0 Å². The smallest absolute Gasteiger partial charge is 0.144 e. The molecule has 3 aromatic carbocycles. The van der Waals surface area contributed by atoms with Gasteiger partial charge in [0.25, 0.3) is 0 Å². The summed E-state index contributed by atoms with van der Waals surface area (Å²) in [5, 5.41) is 0. The monoisotopic (exact) mass is 490 g/mol. The molecule has 4 aromatic rings. The van der Waals surface area contributed by atoms with Crippen LogP contribution in [-0.4, -0.2) is 9.55 Å². The fraction of sp³-hybridized carbons (Fsp3) is 0.400. The minimum absolute atomic E-state index is 0.0107. The van der Waals surface area contributed by atoms with Crippen LogP contribution in [0.3, 0.4) is 0 Å². The first kappa shape index (κ1) is 25.5. The first-order valence-corrected chi connectivity index (χ1v) is 14.0. The van der Waals surface area contributed by atoms with Gasteiger partial charge in [0.15, 0.2) is 0 Å². The lowest BCUT2D eigenvalue weighted by Gasteiger charge is -2.31. The topological polar surface area (TPSA) is 17.8 Å². The number of hydrogen-bond acceptors (Lipinski definition) is 1. The third kappa shape index (κ3) is 4.15. The van der Waals surface area contributed by atoms with Crippen molar-refractivity contribution in [2.75, 3.05) is 0 Å². The third-order valence-corrected chi connectivity index (χ3v) is 8.44. The van der Waals surface area contributed by atoms with Crippen molar-refractivity contribution < 1.29 is 0 Å². The summed E-state index contributed by atoms with van der Waals surface area (Å²) >= 11 is 0. The largest absolute Gasteiger partial charge is 0.296 e. The van der Waals surface area contributed by atoms with Crippen LogP contribution in [-0.2, 0) is 10.8 Å². The fourth-order valence-corrected chi connectivity index (χ4v) is 6.49. The van der Waals surface area contributed by atoms with Gasteiger partial charge in [-0.2, -0.15) is 0 Å². The summed E-state index contributed by atoms with van der Waals surface area (Å²) in [5.74, 6) is 1.41. The maximum atomic E-state index is 5.11. The van der Waals surface area contributed by atoms with Gasteiger partial charge >= 0.3 is 0 Å². The Morgan fingerprint density at radius 1 is 0.946 bits per heavy atom. The minimum atomic E-state index is -0.0521. The quantitative estimate of drug-likeness (QED) is 0.252. The molecule has 0 N–H and O–H groups in total. The highest BCUT2D eigenvalue weighted by Crippen LogP contribution is 2.53. The van der Waals surface area contributed by atoms with E-state index in [2.05, 4.69) is 127 Å². The van der Waals surface area contributed by atoms with Crippen molar-refractivity contribution in [1.29, 1.82) is 0 Å². The third-order valence-electron chi connectivity index (χ3n) is 8.44. The van der Waals surface area contributed by atoms with E-state index in [-0.39, 0.29) is 10.8 Å². The Morgan fingerprint density at radius 3 is 2.41 bits per heavy atom. The molecule has 0 amide bonds. The van der Waals surface area contributed by atoms with Gasteiger partial charge in [0.05, 0.1) is 5.69 Å². The van der Waals surface area contributed by atoms with Gasteiger partial charge in [0.1, 0.15) is 5.82 Å². The maximum absolute atomic E-state index is 5.11. The Balaban J connectivity index is 1.84. The van der Waals surface area contributed by atoms with Crippen molar-refractivity contribution in [1.82, 2.24) is 9.55 Å². The first-order chi connectivity index (χ1) is 17.6. The summed E-state index contributed by atoms with van der Waals surface area (Å²) in [7, 11) is 0. The minimum Gasteiger partial charge on any atom is -0.296 e. The van der Waals surface area contributed by atoms with Crippen molar-refractivity contribution in [3.8, 4) is 28.2 Å². The van der Waals surface area contributed by atoms with Gasteiger partial charge in [-0.3, -0.25) is 4.57 Å².